The van der Waals surface area contributed by atoms with Crippen molar-refractivity contribution in [3.63, 3.8) is 0 Å². The van der Waals surface area contributed by atoms with E-state index in [9.17, 15) is 24.5 Å². The largest absolute Gasteiger partial charge is 1.00 e. The second-order valence-electron chi connectivity index (χ2n) is 7.52. The maximum Gasteiger partial charge on any atom is 1.00 e. The molecule has 6 N–H and O–H groups in total. The smallest absolute Gasteiger partial charge is 0.780 e. The molecule has 0 aliphatic carbocycles. The number of hydrogen-bond acceptors (Lipinski definition) is 11. The molecule has 1 amide bonds. The first kappa shape index (κ1) is 28.0. The maximum atomic E-state index is 12.2. The Bertz CT molecular complexity index is 1200. The zero-order valence-electron chi connectivity index (χ0n) is 18.7. The summed E-state index contributed by atoms with van der Waals surface area (Å²) < 4.78 is 19.3. The van der Waals surface area contributed by atoms with Gasteiger partial charge in [0.25, 0.3) is 0 Å². The zero-order chi connectivity index (χ0) is 24.3. The third kappa shape index (κ3) is 6.80. The van der Waals surface area contributed by atoms with Crippen molar-refractivity contribution >= 4 is 41.0 Å². The van der Waals surface area contributed by atoms with E-state index >= 15 is 0 Å². The third-order valence-corrected chi connectivity index (χ3v) is 8.26. The summed E-state index contributed by atoms with van der Waals surface area (Å²) >= 11 is 0.477. The van der Waals surface area contributed by atoms with Crippen LogP contribution in [0.4, 0.5) is 5.82 Å². The molecule has 0 saturated carbocycles. The molecule has 13 nitrogen and oxygen atoms in total. The number of nitrogen functional groups attached to an aromatic ring is 1. The molecule has 1 aromatic carbocycles. The molecule has 5 atom stereocenters. The molecule has 1 unspecified atom stereocenters. The first-order valence-electron chi connectivity index (χ1n) is 10.2. The van der Waals surface area contributed by atoms with Crippen LogP contribution in [-0.2, 0) is 20.6 Å². The third-order valence-electron chi connectivity index (χ3n) is 5.18. The molecule has 1 saturated heterocycles. The minimum absolute atomic E-state index is 0. The Morgan fingerprint density at radius 3 is 2.71 bits per heavy atom. The molecule has 0 bridgehead atoms. The molecule has 182 valence electrons. The van der Waals surface area contributed by atoms with Gasteiger partial charge in [0.2, 0.25) is 5.91 Å². The van der Waals surface area contributed by atoms with Crippen molar-refractivity contribution < 1.29 is 58.8 Å². The number of nitrogens with zero attached hydrogens (tertiary/aromatic N) is 4. The second-order valence-corrected chi connectivity index (χ2v) is 11.6. The van der Waals surface area contributed by atoms with Gasteiger partial charge in [-0.2, -0.15) is 0 Å². The van der Waals surface area contributed by atoms with Crippen molar-refractivity contribution in [2.24, 2.45) is 0 Å². The fourth-order valence-corrected chi connectivity index (χ4v) is 5.61. The number of carbonyl (C=O) groups excluding carboxylic acids is 1. The maximum absolute atomic E-state index is 12.2. The van der Waals surface area contributed by atoms with E-state index in [0.29, 0.717) is 22.5 Å². The van der Waals surface area contributed by atoms with Crippen molar-refractivity contribution in [2.75, 3.05) is 18.0 Å². The summed E-state index contributed by atoms with van der Waals surface area (Å²) in [6.07, 6.45) is -1.99. The van der Waals surface area contributed by atoms with Crippen LogP contribution in [-0.4, -0.2) is 66.2 Å². The number of rotatable bonds is 9. The van der Waals surface area contributed by atoms with Gasteiger partial charge in [-0.15, -0.1) is 0 Å². The Morgan fingerprint density at radius 1 is 1.23 bits per heavy atom. The number of benzene rings is 1. The number of carbonyl (C=O) groups is 1. The molecule has 2 aromatic heterocycles. The average Bonchev–Trinajstić information content (AvgIpc) is 3.38. The number of aromatic nitrogens is 4. The molecule has 4 rings (SSSR count). The van der Waals surface area contributed by atoms with Crippen LogP contribution in [0.1, 0.15) is 11.8 Å². The quantitative estimate of drug-likeness (QED) is 0.133. The molecular weight excluding hydrogens is 508 g/mol. The van der Waals surface area contributed by atoms with Gasteiger partial charge in [-0.25, -0.2) is 15.0 Å². The number of aliphatic hydroxyl groups is 2. The van der Waals surface area contributed by atoms with Gasteiger partial charge in [0.15, 0.2) is 17.7 Å². The van der Waals surface area contributed by atoms with Crippen LogP contribution >= 0.6 is 18.1 Å². The van der Waals surface area contributed by atoms with E-state index in [1.807, 2.05) is 6.07 Å². The number of aliphatic hydroxyl groups excluding tert-OH is 2. The van der Waals surface area contributed by atoms with Crippen molar-refractivity contribution in [3.8, 4) is 0 Å². The molecular formula is C19H23N7NaO6PS. The van der Waals surface area contributed by atoms with E-state index in [1.54, 1.807) is 24.3 Å². The number of ether oxygens (including phenoxy) is 1. The summed E-state index contributed by atoms with van der Waals surface area (Å²) in [7, 11) is 0. The first-order chi connectivity index (χ1) is 16.2. The Hall–Kier alpha value is -1.58. The van der Waals surface area contributed by atoms with Crippen molar-refractivity contribution in [1.29, 1.82) is 0 Å². The van der Waals surface area contributed by atoms with Gasteiger partial charge < -0.3 is 35.5 Å². The topological polar surface area (TPSA) is 201 Å². The number of fused-ring (bicyclic) bond motifs is 1. The molecule has 0 radical (unpaired) electrons. The minimum Gasteiger partial charge on any atom is -0.780 e. The Kier molecular flexibility index (Phi) is 9.68. The summed E-state index contributed by atoms with van der Waals surface area (Å²) in [5, 5.41) is 25.8. The van der Waals surface area contributed by atoms with Gasteiger partial charge in [-0.05, 0) is 5.56 Å². The second kappa shape index (κ2) is 12.1. The Labute approximate surface area is 226 Å². The molecule has 3 aromatic rings. The standard InChI is InChI=1S/C19H24N7O6PS.Na/c20-17-14-18(23-9-22-17)26(10-24-14)19-16(29)15(28)12(32-19)7-21-13(27)8-34-33(30,31)25-6-11-4-2-1-3-5-11;/h1-5,9-10,12,15-16,19,28-29H,6-8H2,(H,21,27)(H2,20,22,23)(H2,25,30,31);/q;+1/p-1/t12-,15-,16-,19-;/m1./s1. The Balaban J connectivity index is 0.00000342. The molecule has 3 heterocycles. The Morgan fingerprint density at radius 2 is 1.97 bits per heavy atom. The minimum atomic E-state index is -4.05. The van der Waals surface area contributed by atoms with Gasteiger partial charge in [0.05, 0.1) is 12.1 Å². The van der Waals surface area contributed by atoms with E-state index < -0.39 is 37.2 Å². The van der Waals surface area contributed by atoms with Crippen molar-refractivity contribution in [3.05, 3.63) is 48.5 Å². The van der Waals surface area contributed by atoms with E-state index in [1.165, 1.54) is 17.2 Å². The molecule has 16 heteroatoms. The predicted molar refractivity (Wildman–Crippen MR) is 122 cm³/mol. The number of nitrogens with two attached hydrogens (primary N) is 1. The fourth-order valence-electron chi connectivity index (χ4n) is 3.42. The summed E-state index contributed by atoms with van der Waals surface area (Å²) in [4.78, 5) is 36.4. The van der Waals surface area contributed by atoms with E-state index in [0.717, 1.165) is 5.56 Å². The van der Waals surface area contributed by atoms with Gasteiger partial charge in [0.1, 0.15) is 36.9 Å². The molecule has 0 spiro atoms. The molecule has 1 aliphatic rings. The summed E-state index contributed by atoms with van der Waals surface area (Å²) in [6.45, 7) is -4.07. The van der Waals surface area contributed by atoms with Crippen LogP contribution in [0.2, 0.25) is 0 Å². The van der Waals surface area contributed by atoms with Crippen molar-refractivity contribution in [1.82, 2.24) is 29.9 Å². The number of imidazole rings is 1. The normalized spacial score (nSPS) is 23.5. The number of anilines is 1. The number of hydrogen-bond donors (Lipinski definition) is 5. The summed E-state index contributed by atoms with van der Waals surface area (Å²) in [5.74, 6) is -0.753. The van der Waals surface area contributed by atoms with Crippen LogP contribution in [0, 0.1) is 0 Å². The van der Waals surface area contributed by atoms with E-state index in [2.05, 4.69) is 25.4 Å². The van der Waals surface area contributed by atoms with Crippen LogP contribution in [0.5, 0.6) is 0 Å². The molecule has 1 aliphatic heterocycles. The monoisotopic (exact) mass is 531 g/mol. The number of nitrogens with one attached hydrogen (secondary N) is 2. The van der Waals surface area contributed by atoms with Gasteiger partial charge in [-0.1, -0.05) is 41.7 Å². The molecule has 1 fully saturated rings. The summed E-state index contributed by atoms with van der Waals surface area (Å²) in [6, 6.07) is 8.99. The number of amides is 1. The van der Waals surface area contributed by atoms with E-state index in [-0.39, 0.29) is 54.2 Å². The van der Waals surface area contributed by atoms with Crippen LogP contribution in [0.15, 0.2) is 43.0 Å². The van der Waals surface area contributed by atoms with Gasteiger partial charge >= 0.3 is 29.6 Å². The van der Waals surface area contributed by atoms with E-state index in [4.69, 9.17) is 10.5 Å². The zero-order valence-corrected chi connectivity index (χ0v) is 22.4. The van der Waals surface area contributed by atoms with Gasteiger partial charge in [0, 0.05) is 13.1 Å². The summed E-state index contributed by atoms with van der Waals surface area (Å²) in [5.41, 5.74) is 7.21. The predicted octanol–water partition coefficient (Wildman–Crippen LogP) is -3.86. The van der Waals surface area contributed by atoms with Gasteiger partial charge in [-0.3, -0.25) is 14.4 Å². The average molecular weight is 531 g/mol. The van der Waals surface area contributed by atoms with Crippen LogP contribution in [0.25, 0.3) is 11.2 Å². The fraction of sp³-hybridized carbons (Fsp3) is 0.368. The van der Waals surface area contributed by atoms with Crippen molar-refractivity contribution in [2.45, 2.75) is 31.1 Å². The van der Waals surface area contributed by atoms with Crippen LogP contribution in [0.3, 0.4) is 0 Å². The SMILES string of the molecule is Nc1ncnc2c1ncn2[C@@H]1O[C@H](CNC(=O)CSP(=O)([O-])NCc2ccccc2)[C@@H](O)[C@H]1O.[Na+]. The molecule has 35 heavy (non-hydrogen) atoms. The first-order valence-corrected chi connectivity index (χ1v) is 13.4. The van der Waals surface area contributed by atoms with Crippen LogP contribution < -0.4 is 50.6 Å².